The third-order valence-electron chi connectivity index (χ3n) is 4.09. The van der Waals surface area contributed by atoms with Crippen LogP contribution in [0.25, 0.3) is 0 Å². The van der Waals surface area contributed by atoms with Gasteiger partial charge in [0.15, 0.2) is 0 Å². The molecule has 1 fully saturated rings. The molecular weight excluding hydrogens is 293 g/mol. The van der Waals surface area contributed by atoms with Gasteiger partial charge in [-0.3, -0.25) is 9.78 Å². The highest BCUT2D eigenvalue weighted by molar-refractivity contribution is 5.93. The Bertz CT molecular complexity index is 683. The maximum atomic E-state index is 13.6. The van der Waals surface area contributed by atoms with Crippen molar-refractivity contribution in [1.29, 1.82) is 0 Å². The number of amides is 1. The van der Waals surface area contributed by atoms with Crippen LogP contribution in [0.2, 0.25) is 0 Å². The van der Waals surface area contributed by atoms with Gasteiger partial charge >= 0.3 is 0 Å². The molecule has 0 aliphatic carbocycles. The number of carbonyl (C=O) groups is 1. The first-order valence-electron chi connectivity index (χ1n) is 7.96. The second-order valence-electron chi connectivity index (χ2n) is 5.72. The van der Waals surface area contributed by atoms with Crippen LogP contribution in [-0.4, -0.2) is 24.0 Å². The van der Waals surface area contributed by atoms with Crippen molar-refractivity contribution in [1.82, 2.24) is 10.3 Å². The van der Waals surface area contributed by atoms with Crippen molar-refractivity contribution in [2.24, 2.45) is 0 Å². The van der Waals surface area contributed by atoms with Crippen molar-refractivity contribution < 1.29 is 9.18 Å². The number of aromatic nitrogens is 1. The molecule has 0 bridgehead atoms. The topological polar surface area (TPSA) is 45.2 Å². The number of piperidine rings is 1. The lowest BCUT2D eigenvalue weighted by atomic mass is 10.1. The van der Waals surface area contributed by atoms with E-state index in [-0.39, 0.29) is 18.3 Å². The molecule has 1 aromatic heterocycles. The average Bonchev–Trinajstić information content (AvgIpc) is 2.62. The zero-order valence-corrected chi connectivity index (χ0v) is 13.0. The average molecular weight is 313 g/mol. The number of pyridine rings is 1. The van der Waals surface area contributed by atoms with Gasteiger partial charge in [-0.1, -0.05) is 18.2 Å². The first-order valence-corrected chi connectivity index (χ1v) is 7.96. The lowest BCUT2D eigenvalue weighted by Gasteiger charge is -2.28. The molecule has 2 aromatic rings. The van der Waals surface area contributed by atoms with Crippen LogP contribution < -0.4 is 10.2 Å². The summed E-state index contributed by atoms with van der Waals surface area (Å²) in [7, 11) is 0. The predicted molar refractivity (Wildman–Crippen MR) is 87.9 cm³/mol. The maximum Gasteiger partial charge on any atom is 0.270 e. The van der Waals surface area contributed by atoms with Gasteiger partial charge in [-0.05, 0) is 37.5 Å². The number of rotatable bonds is 4. The van der Waals surface area contributed by atoms with E-state index in [0.29, 0.717) is 11.3 Å². The van der Waals surface area contributed by atoms with E-state index in [2.05, 4.69) is 15.2 Å². The van der Waals surface area contributed by atoms with Crippen molar-refractivity contribution >= 4 is 11.6 Å². The first-order chi connectivity index (χ1) is 11.2. The molecule has 0 radical (unpaired) electrons. The van der Waals surface area contributed by atoms with Crippen LogP contribution in [-0.2, 0) is 6.54 Å². The monoisotopic (exact) mass is 313 g/mol. The van der Waals surface area contributed by atoms with Crippen LogP contribution in [0.4, 0.5) is 10.1 Å². The van der Waals surface area contributed by atoms with Gasteiger partial charge in [-0.25, -0.2) is 4.39 Å². The summed E-state index contributed by atoms with van der Waals surface area (Å²) in [5.74, 6) is -0.602. The number of nitrogens with one attached hydrogen (secondary N) is 1. The van der Waals surface area contributed by atoms with Crippen molar-refractivity contribution in [3.8, 4) is 0 Å². The standard InChI is InChI=1S/C18H20FN3O/c19-16-7-3-2-6-14(16)13-21-18(23)17-12-15(8-9-20-17)22-10-4-1-5-11-22/h2-3,6-9,12H,1,4-5,10-11,13H2,(H,21,23). The summed E-state index contributed by atoms with van der Waals surface area (Å²) in [4.78, 5) is 18.7. The molecule has 1 N–H and O–H groups in total. The van der Waals surface area contributed by atoms with Crippen molar-refractivity contribution in [2.75, 3.05) is 18.0 Å². The van der Waals surface area contributed by atoms with E-state index >= 15 is 0 Å². The zero-order valence-electron chi connectivity index (χ0n) is 13.0. The Hall–Kier alpha value is -2.43. The quantitative estimate of drug-likeness (QED) is 0.943. The number of anilines is 1. The molecule has 120 valence electrons. The number of nitrogens with zero attached hydrogens (tertiary/aromatic N) is 2. The van der Waals surface area contributed by atoms with Crippen LogP contribution in [0.3, 0.4) is 0 Å². The second-order valence-corrected chi connectivity index (χ2v) is 5.72. The normalized spacial score (nSPS) is 14.6. The molecule has 0 spiro atoms. The summed E-state index contributed by atoms with van der Waals surface area (Å²) in [5, 5.41) is 2.73. The maximum absolute atomic E-state index is 13.6. The van der Waals surface area contributed by atoms with E-state index in [9.17, 15) is 9.18 Å². The van der Waals surface area contributed by atoms with Gasteiger partial charge in [-0.15, -0.1) is 0 Å². The highest BCUT2D eigenvalue weighted by Crippen LogP contribution is 2.19. The largest absolute Gasteiger partial charge is 0.371 e. The fraction of sp³-hybridized carbons (Fsp3) is 0.333. The molecule has 23 heavy (non-hydrogen) atoms. The van der Waals surface area contributed by atoms with E-state index in [1.165, 1.54) is 25.3 Å². The molecular formula is C18H20FN3O. The Kier molecular flexibility index (Phi) is 4.86. The van der Waals surface area contributed by atoms with Crippen LogP contribution >= 0.6 is 0 Å². The number of hydrogen-bond acceptors (Lipinski definition) is 3. The number of hydrogen-bond donors (Lipinski definition) is 1. The Morgan fingerprint density at radius 3 is 2.74 bits per heavy atom. The Balaban J connectivity index is 1.66. The highest BCUT2D eigenvalue weighted by Gasteiger charge is 2.14. The molecule has 0 atom stereocenters. The molecule has 2 heterocycles. The van der Waals surface area contributed by atoms with Crippen molar-refractivity contribution in [3.05, 3.63) is 59.7 Å². The van der Waals surface area contributed by atoms with Crippen LogP contribution in [0, 0.1) is 5.82 Å². The Labute approximate surface area is 135 Å². The zero-order chi connectivity index (χ0) is 16.1. The van der Waals surface area contributed by atoms with Gasteiger partial charge in [0.1, 0.15) is 11.5 Å². The minimum Gasteiger partial charge on any atom is -0.371 e. The SMILES string of the molecule is O=C(NCc1ccccc1F)c1cc(N2CCCCC2)ccn1. The summed E-state index contributed by atoms with van der Waals surface area (Å²) in [6, 6.07) is 10.2. The van der Waals surface area contributed by atoms with E-state index in [1.807, 2.05) is 12.1 Å². The molecule has 5 heteroatoms. The van der Waals surface area contributed by atoms with E-state index < -0.39 is 0 Å². The highest BCUT2D eigenvalue weighted by atomic mass is 19.1. The molecule has 1 aliphatic rings. The van der Waals surface area contributed by atoms with Crippen LogP contribution in [0.1, 0.15) is 35.3 Å². The minimum atomic E-state index is -0.317. The smallest absolute Gasteiger partial charge is 0.270 e. The summed E-state index contributed by atoms with van der Waals surface area (Å²) in [6.07, 6.45) is 5.27. The molecule has 3 rings (SSSR count). The Morgan fingerprint density at radius 1 is 1.17 bits per heavy atom. The van der Waals surface area contributed by atoms with Gasteiger partial charge in [0, 0.05) is 37.1 Å². The fourth-order valence-corrected chi connectivity index (χ4v) is 2.80. The number of benzene rings is 1. The van der Waals surface area contributed by atoms with Gasteiger partial charge in [-0.2, -0.15) is 0 Å². The Morgan fingerprint density at radius 2 is 1.96 bits per heavy atom. The van der Waals surface area contributed by atoms with Gasteiger partial charge < -0.3 is 10.2 Å². The second kappa shape index (κ2) is 7.22. The molecule has 1 aromatic carbocycles. The van der Waals surface area contributed by atoms with Gasteiger partial charge in [0.2, 0.25) is 0 Å². The predicted octanol–water partition coefficient (Wildman–Crippen LogP) is 3.14. The number of carbonyl (C=O) groups excluding carboxylic acids is 1. The summed E-state index contributed by atoms with van der Waals surface area (Å²) in [6.45, 7) is 2.18. The first kappa shape index (κ1) is 15.5. The number of halogens is 1. The third kappa shape index (κ3) is 3.86. The summed E-state index contributed by atoms with van der Waals surface area (Å²) < 4.78 is 13.6. The van der Waals surface area contributed by atoms with Gasteiger partial charge in [0.05, 0.1) is 0 Å². The molecule has 4 nitrogen and oxygen atoms in total. The van der Waals surface area contributed by atoms with Crippen LogP contribution in [0.5, 0.6) is 0 Å². The lowest BCUT2D eigenvalue weighted by Crippen LogP contribution is -2.30. The molecule has 1 amide bonds. The molecule has 1 aliphatic heterocycles. The minimum absolute atomic E-state index is 0.154. The van der Waals surface area contributed by atoms with Crippen molar-refractivity contribution in [3.63, 3.8) is 0 Å². The van der Waals surface area contributed by atoms with Crippen molar-refractivity contribution in [2.45, 2.75) is 25.8 Å². The molecule has 0 saturated carbocycles. The van der Waals surface area contributed by atoms with E-state index in [1.54, 1.807) is 24.4 Å². The van der Waals surface area contributed by atoms with E-state index in [0.717, 1.165) is 18.8 Å². The van der Waals surface area contributed by atoms with E-state index in [4.69, 9.17) is 0 Å². The van der Waals surface area contributed by atoms with Gasteiger partial charge in [0.25, 0.3) is 5.91 Å². The lowest BCUT2D eigenvalue weighted by molar-refractivity contribution is 0.0945. The van der Waals surface area contributed by atoms with Crippen LogP contribution in [0.15, 0.2) is 42.6 Å². The third-order valence-corrected chi connectivity index (χ3v) is 4.09. The molecule has 0 unspecified atom stereocenters. The molecule has 1 saturated heterocycles. The summed E-state index contributed by atoms with van der Waals surface area (Å²) in [5.41, 5.74) is 1.85. The summed E-state index contributed by atoms with van der Waals surface area (Å²) >= 11 is 0. The fourth-order valence-electron chi connectivity index (χ4n) is 2.80.